The molecule has 3 atom stereocenters. The lowest BCUT2D eigenvalue weighted by atomic mass is 9.98. The lowest BCUT2D eigenvalue weighted by molar-refractivity contribution is 0.0255. The lowest BCUT2D eigenvalue weighted by Gasteiger charge is -2.35. The largest absolute Gasteiger partial charge is 0.490 e. The summed E-state index contributed by atoms with van der Waals surface area (Å²) in [4.78, 5) is 0. The molecule has 0 spiro atoms. The van der Waals surface area contributed by atoms with E-state index in [9.17, 15) is 0 Å². The average Bonchev–Trinajstić information content (AvgIpc) is 2.93. The first-order valence-electron chi connectivity index (χ1n) is 14.5. The van der Waals surface area contributed by atoms with Gasteiger partial charge in [-0.15, -0.1) is 11.8 Å². The van der Waals surface area contributed by atoms with Crippen LogP contribution in [-0.2, 0) is 20.6 Å². The minimum Gasteiger partial charge on any atom is -0.490 e. The average molecular weight is 527 g/mol. The highest BCUT2D eigenvalue weighted by Gasteiger charge is 2.31. The van der Waals surface area contributed by atoms with Crippen molar-refractivity contribution in [2.24, 2.45) is 0 Å². The zero-order valence-corrected chi connectivity index (χ0v) is 23.7. The highest BCUT2D eigenvalue weighted by Crippen LogP contribution is 2.44. The fourth-order valence-electron chi connectivity index (χ4n) is 5.10. The first-order valence-corrected chi connectivity index (χ1v) is 15.4. The zero-order valence-electron chi connectivity index (χ0n) is 22.9. The van der Waals surface area contributed by atoms with E-state index in [1.54, 1.807) is 0 Å². The molecule has 0 amide bonds. The van der Waals surface area contributed by atoms with Gasteiger partial charge in [0.05, 0.1) is 25.9 Å². The molecule has 0 aliphatic carbocycles. The van der Waals surface area contributed by atoms with Crippen molar-refractivity contribution in [2.75, 3.05) is 33.0 Å². The summed E-state index contributed by atoms with van der Waals surface area (Å²) >= 11 is 2.09. The van der Waals surface area contributed by atoms with Crippen LogP contribution >= 0.6 is 11.8 Å². The monoisotopic (exact) mass is 526 g/mol. The molecule has 2 aromatic carbocycles. The van der Waals surface area contributed by atoms with Crippen LogP contribution in [0, 0.1) is 0 Å². The maximum absolute atomic E-state index is 6.34. The maximum atomic E-state index is 6.34. The molecule has 37 heavy (non-hydrogen) atoms. The van der Waals surface area contributed by atoms with Crippen LogP contribution in [0.3, 0.4) is 0 Å². The Morgan fingerprint density at radius 1 is 0.865 bits per heavy atom. The van der Waals surface area contributed by atoms with E-state index < -0.39 is 0 Å². The fourth-order valence-corrected chi connectivity index (χ4v) is 6.69. The minimum atomic E-state index is 0.278. The van der Waals surface area contributed by atoms with Crippen molar-refractivity contribution < 1.29 is 18.9 Å². The van der Waals surface area contributed by atoms with E-state index in [0.29, 0.717) is 16.6 Å². The molecular weight excluding hydrogens is 480 g/mol. The van der Waals surface area contributed by atoms with Crippen LogP contribution < -0.4 is 4.74 Å². The Bertz CT molecular complexity index is 896. The number of benzene rings is 2. The van der Waals surface area contributed by atoms with Crippen molar-refractivity contribution >= 4 is 11.8 Å². The second kappa shape index (κ2) is 15.8. The molecule has 2 aliphatic heterocycles. The summed E-state index contributed by atoms with van der Waals surface area (Å²) < 4.78 is 24.0. The Balaban J connectivity index is 1.36. The van der Waals surface area contributed by atoms with Gasteiger partial charge in [-0.25, -0.2) is 0 Å². The Labute approximate surface area is 228 Å². The first kappa shape index (κ1) is 28.5. The molecule has 0 saturated carbocycles. The lowest BCUT2D eigenvalue weighted by Crippen LogP contribution is -2.30. The first-order chi connectivity index (χ1) is 18.2. The van der Waals surface area contributed by atoms with Crippen molar-refractivity contribution in [3.63, 3.8) is 0 Å². The molecule has 4 rings (SSSR count). The van der Waals surface area contributed by atoms with Gasteiger partial charge < -0.3 is 18.9 Å². The molecule has 4 nitrogen and oxygen atoms in total. The van der Waals surface area contributed by atoms with Crippen molar-refractivity contribution in [3.8, 4) is 5.75 Å². The van der Waals surface area contributed by atoms with E-state index in [4.69, 9.17) is 18.9 Å². The Kier molecular flexibility index (Phi) is 12.1. The summed E-state index contributed by atoms with van der Waals surface area (Å²) in [7, 11) is 0. The molecule has 0 radical (unpaired) electrons. The Morgan fingerprint density at radius 2 is 1.65 bits per heavy atom. The third-order valence-electron chi connectivity index (χ3n) is 7.28. The van der Waals surface area contributed by atoms with Crippen LogP contribution in [0.15, 0.2) is 48.5 Å². The highest BCUT2D eigenvalue weighted by atomic mass is 32.2. The van der Waals surface area contributed by atoms with Gasteiger partial charge in [0, 0.05) is 36.6 Å². The smallest absolute Gasteiger partial charge is 0.119 e. The molecular formula is C32H46O4S. The molecule has 204 valence electrons. The van der Waals surface area contributed by atoms with Gasteiger partial charge in [-0.2, -0.15) is 0 Å². The molecule has 2 aromatic rings. The van der Waals surface area contributed by atoms with E-state index in [1.165, 1.54) is 29.5 Å². The second-order valence-electron chi connectivity index (χ2n) is 10.5. The van der Waals surface area contributed by atoms with Crippen LogP contribution in [0.4, 0.5) is 0 Å². The van der Waals surface area contributed by atoms with Crippen LogP contribution in [0.25, 0.3) is 0 Å². The van der Waals surface area contributed by atoms with E-state index in [-0.39, 0.29) is 6.10 Å². The summed E-state index contributed by atoms with van der Waals surface area (Å²) in [5, 5.41) is 0.949. The number of ether oxygens (including phenoxy) is 4. The number of thioether (sulfide) groups is 1. The van der Waals surface area contributed by atoms with Crippen molar-refractivity contribution in [1.82, 2.24) is 0 Å². The van der Waals surface area contributed by atoms with E-state index in [2.05, 4.69) is 74.1 Å². The number of hydrogen-bond donors (Lipinski definition) is 0. The molecule has 2 aliphatic rings. The van der Waals surface area contributed by atoms with Gasteiger partial charge in [-0.3, -0.25) is 0 Å². The van der Waals surface area contributed by atoms with Crippen LogP contribution in [-0.4, -0.2) is 50.5 Å². The third-order valence-corrected chi connectivity index (χ3v) is 8.79. The number of rotatable bonds is 14. The maximum Gasteiger partial charge on any atom is 0.119 e. The van der Waals surface area contributed by atoms with Gasteiger partial charge in [0.15, 0.2) is 0 Å². The molecule has 2 saturated heterocycles. The number of unbranched alkanes of at least 4 members (excludes halogenated alkanes) is 2. The Morgan fingerprint density at radius 3 is 2.43 bits per heavy atom. The van der Waals surface area contributed by atoms with E-state index in [1.807, 2.05) is 0 Å². The molecule has 0 unspecified atom stereocenters. The fraction of sp³-hybridized carbons (Fsp3) is 0.625. The van der Waals surface area contributed by atoms with Crippen molar-refractivity contribution in [2.45, 2.75) is 94.3 Å². The van der Waals surface area contributed by atoms with Gasteiger partial charge in [-0.05, 0) is 60.9 Å². The minimum absolute atomic E-state index is 0.278. The second-order valence-corrected chi connectivity index (χ2v) is 12.0. The molecule has 0 aromatic heterocycles. The van der Waals surface area contributed by atoms with Gasteiger partial charge >= 0.3 is 0 Å². The predicted molar refractivity (Wildman–Crippen MR) is 154 cm³/mol. The highest BCUT2D eigenvalue weighted by molar-refractivity contribution is 8.00. The SMILES string of the molecule is CCCCOC[C@@H]1C[C@H](OCCCC)C[C@H](c2cccc(Cc3ccc(OC4CCOCC4)cc3)c2)S1. The zero-order chi connectivity index (χ0) is 25.7. The molecule has 0 bridgehead atoms. The molecule has 2 fully saturated rings. The summed E-state index contributed by atoms with van der Waals surface area (Å²) in [5.74, 6) is 0.962. The molecule has 2 heterocycles. The molecule has 0 N–H and O–H groups in total. The predicted octanol–water partition coefficient (Wildman–Crippen LogP) is 7.77. The van der Waals surface area contributed by atoms with Crippen molar-refractivity contribution in [1.29, 1.82) is 0 Å². The summed E-state index contributed by atoms with van der Waals surface area (Å²) in [5.41, 5.74) is 4.10. The van der Waals surface area contributed by atoms with Crippen molar-refractivity contribution in [3.05, 3.63) is 65.2 Å². The standard InChI is InChI=1S/C32H46O4S/c1-3-5-16-34-24-31-22-30(35-17-6-4-2)23-32(37-31)27-9-7-8-26(21-27)20-25-10-12-28(13-11-25)36-29-14-18-33-19-15-29/h7-13,21,29-32H,3-6,14-20,22-24H2,1-2H3/t30-,31-,32+/m0/s1. The van der Waals surface area contributed by atoms with Gasteiger partial charge in [-0.1, -0.05) is 63.1 Å². The quantitative estimate of drug-likeness (QED) is 0.235. The van der Waals surface area contributed by atoms with Gasteiger partial charge in [0.2, 0.25) is 0 Å². The summed E-state index contributed by atoms with van der Waals surface area (Å²) in [6.45, 7) is 8.62. The van der Waals surface area contributed by atoms with Crippen LogP contribution in [0.5, 0.6) is 5.75 Å². The summed E-state index contributed by atoms with van der Waals surface area (Å²) in [6.07, 6.45) is 10.3. The van der Waals surface area contributed by atoms with Gasteiger partial charge in [0.25, 0.3) is 0 Å². The summed E-state index contributed by atoms with van der Waals surface area (Å²) in [6, 6.07) is 17.8. The third kappa shape index (κ3) is 9.62. The molecule has 5 heteroatoms. The topological polar surface area (TPSA) is 36.9 Å². The Hall–Kier alpha value is -1.53. The number of hydrogen-bond acceptors (Lipinski definition) is 5. The van der Waals surface area contributed by atoms with Crippen LogP contribution in [0.1, 0.15) is 87.2 Å². The van der Waals surface area contributed by atoms with Gasteiger partial charge in [0.1, 0.15) is 11.9 Å². The normalized spacial score (nSPS) is 22.7. The van der Waals surface area contributed by atoms with E-state index in [0.717, 1.165) is 83.7 Å². The van der Waals surface area contributed by atoms with Crippen LogP contribution in [0.2, 0.25) is 0 Å². The van der Waals surface area contributed by atoms with E-state index >= 15 is 0 Å².